The number of nitrogens with two attached hydrogens (primary N) is 2. The summed E-state index contributed by atoms with van der Waals surface area (Å²) in [5, 5.41) is 9.57. The zero-order valence-corrected chi connectivity index (χ0v) is 11.0. The molecule has 0 aliphatic rings. The number of H-pyrrole nitrogens is 1. The molecule has 1 amide bonds. The molecule has 6 N–H and O–H groups in total. The highest BCUT2D eigenvalue weighted by molar-refractivity contribution is 9.10. The van der Waals surface area contributed by atoms with Gasteiger partial charge in [-0.1, -0.05) is 15.9 Å². The van der Waals surface area contributed by atoms with Gasteiger partial charge in [-0.25, -0.2) is 0 Å². The third-order valence-corrected chi connectivity index (χ3v) is 2.96. The van der Waals surface area contributed by atoms with Crippen molar-refractivity contribution in [2.24, 2.45) is 5.73 Å². The van der Waals surface area contributed by atoms with E-state index in [1.165, 1.54) is 0 Å². The molecule has 0 unspecified atom stereocenters. The second-order valence-corrected chi connectivity index (χ2v) is 4.63. The van der Waals surface area contributed by atoms with Gasteiger partial charge in [0.2, 0.25) is 0 Å². The second-order valence-electron chi connectivity index (χ2n) is 3.72. The summed E-state index contributed by atoms with van der Waals surface area (Å²) in [6, 6.07) is 5.21. The van der Waals surface area contributed by atoms with E-state index in [9.17, 15) is 4.79 Å². The molecule has 0 spiro atoms. The number of nitrogen functional groups attached to an aromatic ring is 1. The lowest BCUT2D eigenvalue weighted by Gasteiger charge is -2.10. The molecule has 0 saturated carbocycles. The average Bonchev–Trinajstić information content (AvgIpc) is 2.72. The van der Waals surface area contributed by atoms with Crippen LogP contribution in [-0.4, -0.2) is 16.1 Å². The lowest BCUT2D eigenvalue weighted by molar-refractivity contribution is 0.100. The van der Waals surface area contributed by atoms with Crippen molar-refractivity contribution in [1.82, 2.24) is 10.2 Å². The van der Waals surface area contributed by atoms with Crippen molar-refractivity contribution in [1.29, 1.82) is 0 Å². The molecular weight excluding hydrogens is 298 g/mol. The first-order valence-electron chi connectivity index (χ1n) is 5.19. The SMILES string of the molecule is NC(=O)c1ccc(Br)cc1NCc1cn[nH]c1N. The fourth-order valence-electron chi connectivity index (χ4n) is 1.53. The molecule has 2 aromatic rings. The van der Waals surface area contributed by atoms with E-state index in [0.29, 0.717) is 23.6 Å². The van der Waals surface area contributed by atoms with Crippen LogP contribution in [0, 0.1) is 0 Å². The summed E-state index contributed by atoms with van der Waals surface area (Å²) in [4.78, 5) is 11.3. The van der Waals surface area contributed by atoms with Crippen LogP contribution in [0.5, 0.6) is 0 Å². The Labute approximate surface area is 112 Å². The molecule has 2 rings (SSSR count). The number of amides is 1. The maximum absolute atomic E-state index is 11.3. The molecule has 0 bridgehead atoms. The van der Waals surface area contributed by atoms with Crippen molar-refractivity contribution < 1.29 is 4.79 Å². The van der Waals surface area contributed by atoms with Crippen LogP contribution in [0.3, 0.4) is 0 Å². The number of carbonyl (C=O) groups excluding carboxylic acids is 1. The predicted molar refractivity (Wildman–Crippen MR) is 73.0 cm³/mol. The van der Waals surface area contributed by atoms with E-state index in [-0.39, 0.29) is 0 Å². The Morgan fingerprint density at radius 3 is 2.89 bits per heavy atom. The molecule has 1 heterocycles. The fourth-order valence-corrected chi connectivity index (χ4v) is 1.89. The summed E-state index contributed by atoms with van der Waals surface area (Å²) in [5.41, 5.74) is 12.9. The molecule has 0 saturated heterocycles. The number of nitrogens with zero attached hydrogens (tertiary/aromatic N) is 1. The van der Waals surface area contributed by atoms with Gasteiger partial charge in [0.1, 0.15) is 5.82 Å². The van der Waals surface area contributed by atoms with E-state index in [4.69, 9.17) is 11.5 Å². The largest absolute Gasteiger partial charge is 0.384 e. The Morgan fingerprint density at radius 2 is 2.28 bits per heavy atom. The number of nitrogens with one attached hydrogen (secondary N) is 2. The molecule has 18 heavy (non-hydrogen) atoms. The molecule has 6 nitrogen and oxygen atoms in total. The van der Waals surface area contributed by atoms with E-state index in [2.05, 4.69) is 31.4 Å². The number of rotatable bonds is 4. The van der Waals surface area contributed by atoms with Crippen LogP contribution in [0.25, 0.3) is 0 Å². The van der Waals surface area contributed by atoms with Gasteiger partial charge in [-0.3, -0.25) is 9.89 Å². The third kappa shape index (κ3) is 2.62. The first kappa shape index (κ1) is 12.4. The predicted octanol–water partition coefficient (Wildman–Crippen LogP) is 1.47. The highest BCUT2D eigenvalue weighted by atomic mass is 79.9. The Balaban J connectivity index is 2.20. The van der Waals surface area contributed by atoms with Gasteiger partial charge < -0.3 is 16.8 Å². The summed E-state index contributed by atoms with van der Waals surface area (Å²) in [6.45, 7) is 0.457. The van der Waals surface area contributed by atoms with Gasteiger partial charge >= 0.3 is 0 Å². The Morgan fingerprint density at radius 1 is 1.50 bits per heavy atom. The number of primary amides is 1. The molecule has 0 aliphatic heterocycles. The zero-order chi connectivity index (χ0) is 13.1. The van der Waals surface area contributed by atoms with E-state index in [1.807, 2.05) is 0 Å². The lowest BCUT2D eigenvalue weighted by atomic mass is 10.1. The van der Waals surface area contributed by atoms with E-state index >= 15 is 0 Å². The summed E-state index contributed by atoms with van der Waals surface area (Å²) < 4.78 is 0.857. The maximum Gasteiger partial charge on any atom is 0.250 e. The standard InChI is InChI=1S/C11H12BrN5O/c12-7-1-2-8(11(14)18)9(3-7)15-4-6-5-16-17-10(6)13/h1-3,5,15H,4H2,(H2,14,18)(H3,13,16,17). The number of hydrogen-bond acceptors (Lipinski definition) is 4. The molecule has 1 aromatic carbocycles. The topological polar surface area (TPSA) is 110 Å². The summed E-state index contributed by atoms with van der Waals surface area (Å²) in [6.07, 6.45) is 1.63. The van der Waals surface area contributed by atoms with E-state index < -0.39 is 5.91 Å². The second kappa shape index (κ2) is 5.09. The van der Waals surface area contributed by atoms with Crippen molar-refractivity contribution in [2.75, 3.05) is 11.1 Å². The highest BCUT2D eigenvalue weighted by Crippen LogP contribution is 2.22. The number of hydrogen-bond donors (Lipinski definition) is 4. The first-order chi connectivity index (χ1) is 8.58. The maximum atomic E-state index is 11.3. The summed E-state index contributed by atoms with van der Waals surface area (Å²) >= 11 is 3.34. The number of aromatic amines is 1. The van der Waals surface area contributed by atoms with Gasteiger partial charge in [-0.15, -0.1) is 0 Å². The van der Waals surface area contributed by atoms with Gasteiger partial charge in [0.05, 0.1) is 11.8 Å². The normalized spacial score (nSPS) is 10.3. The van der Waals surface area contributed by atoms with Crippen LogP contribution in [0.1, 0.15) is 15.9 Å². The van der Waals surface area contributed by atoms with Crippen LogP contribution in [0.2, 0.25) is 0 Å². The van der Waals surface area contributed by atoms with Crippen LogP contribution < -0.4 is 16.8 Å². The molecule has 7 heteroatoms. The fraction of sp³-hybridized carbons (Fsp3) is 0.0909. The number of benzene rings is 1. The molecule has 0 atom stereocenters. The van der Waals surface area contributed by atoms with Crippen LogP contribution >= 0.6 is 15.9 Å². The van der Waals surface area contributed by atoms with E-state index in [0.717, 1.165) is 10.0 Å². The van der Waals surface area contributed by atoms with Gasteiger partial charge in [0.25, 0.3) is 5.91 Å². The van der Waals surface area contributed by atoms with Gasteiger partial charge in [-0.05, 0) is 18.2 Å². The summed E-state index contributed by atoms with van der Waals surface area (Å²) in [7, 11) is 0. The number of anilines is 2. The van der Waals surface area contributed by atoms with Crippen molar-refractivity contribution >= 4 is 33.3 Å². The van der Waals surface area contributed by atoms with Crippen molar-refractivity contribution in [3.05, 3.63) is 40.0 Å². The minimum Gasteiger partial charge on any atom is -0.384 e. The minimum absolute atomic E-state index is 0.431. The van der Waals surface area contributed by atoms with Crippen LogP contribution in [0.15, 0.2) is 28.9 Å². The molecular formula is C11H12BrN5O. The van der Waals surface area contributed by atoms with Crippen molar-refractivity contribution in [2.45, 2.75) is 6.54 Å². The third-order valence-electron chi connectivity index (χ3n) is 2.47. The lowest BCUT2D eigenvalue weighted by Crippen LogP contribution is -2.14. The summed E-state index contributed by atoms with van der Waals surface area (Å²) in [5.74, 6) is 0.0169. The number of carbonyl (C=O) groups is 1. The Bertz CT molecular complexity index is 581. The van der Waals surface area contributed by atoms with E-state index in [1.54, 1.807) is 24.4 Å². The number of aromatic nitrogens is 2. The molecule has 94 valence electrons. The van der Waals surface area contributed by atoms with Crippen LogP contribution in [0.4, 0.5) is 11.5 Å². The molecule has 0 radical (unpaired) electrons. The average molecular weight is 310 g/mol. The van der Waals surface area contributed by atoms with Crippen molar-refractivity contribution in [3.63, 3.8) is 0 Å². The van der Waals surface area contributed by atoms with Gasteiger partial charge in [0, 0.05) is 22.3 Å². The smallest absolute Gasteiger partial charge is 0.250 e. The Hall–Kier alpha value is -2.02. The van der Waals surface area contributed by atoms with Gasteiger partial charge in [0.15, 0.2) is 0 Å². The molecule has 0 aliphatic carbocycles. The highest BCUT2D eigenvalue weighted by Gasteiger charge is 2.09. The first-order valence-corrected chi connectivity index (χ1v) is 5.98. The Kier molecular flexibility index (Phi) is 3.52. The molecule has 0 fully saturated rings. The molecule has 1 aromatic heterocycles. The van der Waals surface area contributed by atoms with Crippen molar-refractivity contribution in [3.8, 4) is 0 Å². The minimum atomic E-state index is -0.481. The monoisotopic (exact) mass is 309 g/mol. The number of halogens is 1. The quantitative estimate of drug-likeness (QED) is 0.685. The van der Waals surface area contributed by atoms with Crippen LogP contribution in [-0.2, 0) is 6.54 Å². The zero-order valence-electron chi connectivity index (χ0n) is 9.40. The van der Waals surface area contributed by atoms with Gasteiger partial charge in [-0.2, -0.15) is 5.10 Å².